The van der Waals surface area contributed by atoms with Crippen LogP contribution >= 0.6 is 0 Å². The first-order valence-corrected chi connectivity index (χ1v) is 7.49. The molecule has 0 aromatic heterocycles. The molecule has 0 radical (unpaired) electrons. The lowest BCUT2D eigenvalue weighted by Gasteiger charge is -2.20. The average Bonchev–Trinajstić information content (AvgIpc) is 3.30. The van der Waals surface area contributed by atoms with Crippen LogP contribution in [0.15, 0.2) is 0 Å². The molecule has 0 spiro atoms. The van der Waals surface area contributed by atoms with Gasteiger partial charge in [-0.05, 0) is 50.0 Å². The first-order valence-electron chi connectivity index (χ1n) is 7.49. The van der Waals surface area contributed by atoms with E-state index in [0.717, 1.165) is 25.4 Å². The smallest absolute Gasteiger partial charge is 0.311 e. The summed E-state index contributed by atoms with van der Waals surface area (Å²) in [6, 6.07) is 0. The fourth-order valence-electron chi connectivity index (χ4n) is 3.11. The highest BCUT2D eigenvalue weighted by Crippen LogP contribution is 2.60. The summed E-state index contributed by atoms with van der Waals surface area (Å²) in [4.78, 5) is 25.7. The number of carbonyl (C=O) groups excluding carboxylic acids is 2. The molecule has 1 aliphatic heterocycles. The molecule has 3 aliphatic rings. The molecule has 1 saturated heterocycles. The first kappa shape index (κ1) is 12.9. The van der Waals surface area contributed by atoms with Gasteiger partial charge in [0.25, 0.3) is 0 Å². The van der Waals surface area contributed by atoms with Gasteiger partial charge in [-0.2, -0.15) is 0 Å². The Hall–Kier alpha value is -1.10. The van der Waals surface area contributed by atoms with Crippen molar-refractivity contribution in [2.45, 2.75) is 32.1 Å². The van der Waals surface area contributed by atoms with Crippen molar-refractivity contribution >= 4 is 11.8 Å². The third-order valence-electron chi connectivity index (χ3n) is 4.76. The molecule has 1 heterocycles. The van der Waals surface area contributed by atoms with Crippen LogP contribution in [0.5, 0.6) is 0 Å². The van der Waals surface area contributed by atoms with E-state index in [0.29, 0.717) is 25.0 Å². The number of rotatable bonds is 3. The zero-order valence-electron chi connectivity index (χ0n) is 11.4. The van der Waals surface area contributed by atoms with Crippen LogP contribution in [0.2, 0.25) is 0 Å². The van der Waals surface area contributed by atoms with Crippen molar-refractivity contribution in [2.24, 2.45) is 11.3 Å². The first-order chi connectivity index (χ1) is 9.21. The number of amides is 2. The number of nitrogens with zero attached hydrogens (tertiary/aromatic N) is 1. The van der Waals surface area contributed by atoms with Crippen molar-refractivity contribution in [3.8, 4) is 0 Å². The normalized spacial score (nSPS) is 25.6. The second-order valence-corrected chi connectivity index (χ2v) is 6.22. The minimum Gasteiger partial charge on any atom is -0.347 e. The second-order valence-electron chi connectivity index (χ2n) is 6.22. The van der Waals surface area contributed by atoms with Gasteiger partial charge in [0.2, 0.25) is 0 Å². The van der Waals surface area contributed by atoms with Crippen LogP contribution < -0.4 is 10.6 Å². The summed E-state index contributed by atoms with van der Waals surface area (Å²) in [7, 11) is 0. The van der Waals surface area contributed by atoms with Crippen LogP contribution in [0.3, 0.4) is 0 Å². The van der Waals surface area contributed by atoms with Gasteiger partial charge in [-0.15, -0.1) is 0 Å². The SMILES string of the molecule is O=C(NCC1(C2CC2)CC1)C(=O)N1CCCNCC1. The zero-order valence-corrected chi connectivity index (χ0v) is 11.4. The lowest BCUT2D eigenvalue weighted by molar-refractivity contribution is -0.145. The molecule has 2 saturated carbocycles. The molecular weight excluding hydrogens is 242 g/mol. The molecular formula is C14H23N3O2. The third kappa shape index (κ3) is 2.91. The minimum atomic E-state index is -0.408. The molecule has 3 rings (SSSR count). The average molecular weight is 265 g/mol. The summed E-state index contributed by atoms with van der Waals surface area (Å²) in [5.74, 6) is 0.0504. The van der Waals surface area contributed by atoms with Crippen molar-refractivity contribution in [1.29, 1.82) is 0 Å². The fraction of sp³-hybridized carbons (Fsp3) is 0.857. The molecule has 5 nitrogen and oxygen atoms in total. The Bertz CT molecular complexity index is 367. The summed E-state index contributed by atoms with van der Waals surface area (Å²) < 4.78 is 0. The fourth-order valence-corrected chi connectivity index (χ4v) is 3.11. The van der Waals surface area contributed by atoms with Crippen molar-refractivity contribution in [3.05, 3.63) is 0 Å². The summed E-state index contributed by atoms with van der Waals surface area (Å²) in [6.07, 6.45) is 5.98. The maximum atomic E-state index is 12.1. The Labute approximate surface area is 114 Å². The van der Waals surface area contributed by atoms with Crippen LogP contribution in [-0.4, -0.2) is 49.4 Å². The van der Waals surface area contributed by atoms with E-state index in [1.165, 1.54) is 25.7 Å². The van der Waals surface area contributed by atoms with E-state index < -0.39 is 5.91 Å². The van der Waals surface area contributed by atoms with Gasteiger partial charge in [0, 0.05) is 26.2 Å². The molecule has 0 unspecified atom stereocenters. The van der Waals surface area contributed by atoms with Gasteiger partial charge < -0.3 is 15.5 Å². The Morgan fingerprint density at radius 1 is 1.21 bits per heavy atom. The van der Waals surface area contributed by atoms with E-state index in [9.17, 15) is 9.59 Å². The molecule has 3 fully saturated rings. The van der Waals surface area contributed by atoms with Gasteiger partial charge >= 0.3 is 11.8 Å². The van der Waals surface area contributed by atoms with E-state index in [1.807, 2.05) is 0 Å². The predicted octanol–water partition coefficient (Wildman–Crippen LogP) is 0.115. The zero-order chi connectivity index (χ0) is 13.3. The van der Waals surface area contributed by atoms with E-state index in [1.54, 1.807) is 4.90 Å². The van der Waals surface area contributed by atoms with Gasteiger partial charge in [-0.25, -0.2) is 0 Å². The standard InChI is InChI=1S/C14H23N3O2/c18-12(13(19)17-8-1-6-15-7-9-17)16-10-14(4-5-14)11-2-3-11/h11,15H,1-10H2,(H,16,18). The highest BCUT2D eigenvalue weighted by Gasteiger charge is 2.53. The van der Waals surface area contributed by atoms with Crippen LogP contribution in [-0.2, 0) is 9.59 Å². The molecule has 2 amide bonds. The number of hydrogen-bond acceptors (Lipinski definition) is 3. The molecule has 2 aliphatic carbocycles. The maximum Gasteiger partial charge on any atom is 0.311 e. The van der Waals surface area contributed by atoms with Crippen LogP contribution in [0.4, 0.5) is 0 Å². The van der Waals surface area contributed by atoms with Gasteiger partial charge in [-0.3, -0.25) is 9.59 Å². The van der Waals surface area contributed by atoms with Crippen LogP contribution in [0, 0.1) is 11.3 Å². The van der Waals surface area contributed by atoms with Crippen molar-refractivity contribution < 1.29 is 9.59 Å². The van der Waals surface area contributed by atoms with E-state index in [4.69, 9.17) is 0 Å². The summed E-state index contributed by atoms with van der Waals surface area (Å²) in [5, 5.41) is 6.11. The molecule has 0 atom stereocenters. The molecule has 106 valence electrons. The van der Waals surface area contributed by atoms with E-state index in [-0.39, 0.29) is 5.91 Å². The number of nitrogens with one attached hydrogen (secondary N) is 2. The van der Waals surface area contributed by atoms with Gasteiger partial charge in [-0.1, -0.05) is 0 Å². The van der Waals surface area contributed by atoms with Crippen molar-refractivity contribution in [3.63, 3.8) is 0 Å². The lowest BCUT2D eigenvalue weighted by atomic mass is 10.0. The van der Waals surface area contributed by atoms with Gasteiger partial charge in [0.15, 0.2) is 0 Å². The lowest BCUT2D eigenvalue weighted by Crippen LogP contribution is -2.45. The molecule has 0 aromatic rings. The highest BCUT2D eigenvalue weighted by atomic mass is 16.2. The Kier molecular flexibility index (Phi) is 3.48. The molecule has 0 bridgehead atoms. The summed E-state index contributed by atoms with van der Waals surface area (Å²) in [6.45, 7) is 3.74. The molecule has 0 aromatic carbocycles. The molecule has 19 heavy (non-hydrogen) atoms. The predicted molar refractivity (Wildman–Crippen MR) is 71.5 cm³/mol. The topological polar surface area (TPSA) is 61.4 Å². The monoisotopic (exact) mass is 265 g/mol. The number of hydrogen-bond donors (Lipinski definition) is 2. The highest BCUT2D eigenvalue weighted by molar-refractivity contribution is 6.35. The van der Waals surface area contributed by atoms with E-state index in [2.05, 4.69) is 10.6 Å². The summed E-state index contributed by atoms with van der Waals surface area (Å²) >= 11 is 0. The second kappa shape index (κ2) is 5.12. The van der Waals surface area contributed by atoms with Crippen LogP contribution in [0.1, 0.15) is 32.1 Å². The minimum absolute atomic E-state index is 0.352. The number of carbonyl (C=O) groups is 2. The van der Waals surface area contributed by atoms with Gasteiger partial charge in [0.05, 0.1) is 0 Å². The Morgan fingerprint density at radius 3 is 2.68 bits per heavy atom. The molecule has 2 N–H and O–H groups in total. The van der Waals surface area contributed by atoms with E-state index >= 15 is 0 Å². The quantitative estimate of drug-likeness (QED) is 0.712. The third-order valence-corrected chi connectivity index (χ3v) is 4.76. The Balaban J connectivity index is 1.47. The van der Waals surface area contributed by atoms with Crippen LogP contribution in [0.25, 0.3) is 0 Å². The maximum absolute atomic E-state index is 12.1. The summed E-state index contributed by atoms with van der Waals surface area (Å²) in [5.41, 5.74) is 0.357. The molecule has 5 heteroatoms. The van der Waals surface area contributed by atoms with Crippen molar-refractivity contribution in [1.82, 2.24) is 15.5 Å². The Morgan fingerprint density at radius 2 is 2.00 bits per heavy atom. The van der Waals surface area contributed by atoms with Gasteiger partial charge in [0.1, 0.15) is 0 Å². The largest absolute Gasteiger partial charge is 0.347 e. The van der Waals surface area contributed by atoms with Crippen molar-refractivity contribution in [2.75, 3.05) is 32.7 Å².